The van der Waals surface area contributed by atoms with E-state index >= 15 is 0 Å². The molecule has 0 unspecified atom stereocenters. The number of aromatic nitrogens is 2. The molecule has 0 aliphatic rings. The highest BCUT2D eigenvalue weighted by Crippen LogP contribution is 2.17. The van der Waals surface area contributed by atoms with Crippen molar-refractivity contribution in [1.29, 1.82) is 0 Å². The van der Waals surface area contributed by atoms with E-state index in [0.717, 1.165) is 0 Å². The first-order chi connectivity index (χ1) is 7.11. The third-order valence-corrected chi connectivity index (χ3v) is 1.97. The van der Waals surface area contributed by atoms with Crippen LogP contribution in [0.4, 0.5) is 4.79 Å². The lowest BCUT2D eigenvalue weighted by atomic mass is 10.3. The summed E-state index contributed by atoms with van der Waals surface area (Å²) >= 11 is 0. The Hall–Kier alpha value is -2.37. The molecule has 0 fully saturated rings. The predicted molar refractivity (Wildman–Crippen MR) is 50.1 cm³/mol. The number of nitrogens with zero attached hydrogens (tertiary/aromatic N) is 2. The van der Waals surface area contributed by atoms with Crippen molar-refractivity contribution < 1.29 is 19.8 Å². The van der Waals surface area contributed by atoms with Gasteiger partial charge in [-0.1, -0.05) is 0 Å². The maximum atomic E-state index is 10.9. The van der Waals surface area contributed by atoms with Crippen molar-refractivity contribution in [1.82, 2.24) is 9.55 Å². The lowest BCUT2D eigenvalue weighted by Crippen LogP contribution is -2.15. The average Bonchev–Trinajstić information content (AvgIpc) is 2.56. The topological polar surface area (TPSA) is 92.4 Å². The predicted octanol–water partition coefficient (Wildman–Crippen LogP) is 1.26. The van der Waals surface area contributed by atoms with Crippen molar-refractivity contribution in [3.8, 4) is 0 Å². The van der Waals surface area contributed by atoms with Crippen LogP contribution in [-0.4, -0.2) is 31.8 Å². The number of pyridine rings is 1. The van der Waals surface area contributed by atoms with Gasteiger partial charge in [0.15, 0.2) is 0 Å². The van der Waals surface area contributed by atoms with Crippen molar-refractivity contribution >= 4 is 23.1 Å². The Morgan fingerprint density at radius 2 is 2.07 bits per heavy atom. The van der Waals surface area contributed by atoms with E-state index in [2.05, 4.69) is 4.98 Å². The molecule has 0 spiro atoms. The number of hydrogen-bond donors (Lipinski definition) is 2. The molecule has 0 atom stereocenters. The number of aromatic carboxylic acids is 1. The van der Waals surface area contributed by atoms with Crippen LogP contribution in [-0.2, 0) is 0 Å². The van der Waals surface area contributed by atoms with Crippen LogP contribution in [0.1, 0.15) is 10.5 Å². The Balaban J connectivity index is 2.86. The fourth-order valence-corrected chi connectivity index (χ4v) is 1.39. The summed E-state index contributed by atoms with van der Waals surface area (Å²) in [6, 6.07) is 4.49. The Morgan fingerprint density at radius 1 is 1.33 bits per heavy atom. The molecule has 2 N–H and O–H groups in total. The molecule has 0 bridgehead atoms. The van der Waals surface area contributed by atoms with Crippen LogP contribution in [0.15, 0.2) is 24.4 Å². The van der Waals surface area contributed by atoms with Gasteiger partial charge in [0, 0.05) is 11.6 Å². The lowest BCUT2D eigenvalue weighted by molar-refractivity contribution is 0.0684. The highest BCUT2D eigenvalue weighted by atomic mass is 16.4. The SMILES string of the molecule is O=C(O)c1cc2cccnc2n1C(=O)O. The van der Waals surface area contributed by atoms with E-state index in [-0.39, 0.29) is 11.3 Å². The summed E-state index contributed by atoms with van der Waals surface area (Å²) < 4.78 is 0.650. The van der Waals surface area contributed by atoms with Crippen LogP contribution in [0.2, 0.25) is 0 Å². The Labute approximate surface area is 83.4 Å². The molecule has 6 nitrogen and oxygen atoms in total. The number of carboxylic acids is 1. The van der Waals surface area contributed by atoms with Gasteiger partial charge in [-0.05, 0) is 18.2 Å². The van der Waals surface area contributed by atoms with E-state index in [0.29, 0.717) is 9.95 Å². The molecular weight excluding hydrogens is 200 g/mol. The number of rotatable bonds is 1. The molecule has 0 radical (unpaired) electrons. The second-order valence-electron chi connectivity index (χ2n) is 2.87. The van der Waals surface area contributed by atoms with Crippen LogP contribution >= 0.6 is 0 Å². The third kappa shape index (κ3) is 1.32. The minimum atomic E-state index is -1.36. The van der Waals surface area contributed by atoms with Crippen molar-refractivity contribution in [2.75, 3.05) is 0 Å². The van der Waals surface area contributed by atoms with Gasteiger partial charge in [0.1, 0.15) is 11.3 Å². The van der Waals surface area contributed by atoms with Gasteiger partial charge in [-0.2, -0.15) is 0 Å². The van der Waals surface area contributed by atoms with E-state index in [1.54, 1.807) is 12.1 Å². The van der Waals surface area contributed by atoms with Crippen molar-refractivity contribution in [2.24, 2.45) is 0 Å². The fourth-order valence-electron chi connectivity index (χ4n) is 1.39. The summed E-state index contributed by atoms with van der Waals surface area (Å²) in [5, 5.41) is 18.1. The molecule has 2 aromatic heterocycles. The second-order valence-corrected chi connectivity index (χ2v) is 2.87. The van der Waals surface area contributed by atoms with E-state index in [1.165, 1.54) is 12.3 Å². The van der Waals surface area contributed by atoms with Gasteiger partial charge in [-0.15, -0.1) is 0 Å². The molecule has 0 saturated carbocycles. The van der Waals surface area contributed by atoms with E-state index in [1.807, 2.05) is 0 Å². The van der Waals surface area contributed by atoms with Crippen LogP contribution in [0.5, 0.6) is 0 Å². The Morgan fingerprint density at radius 3 is 2.67 bits per heavy atom. The zero-order valence-electron chi connectivity index (χ0n) is 7.41. The minimum Gasteiger partial charge on any atom is -0.477 e. The summed E-state index contributed by atoms with van der Waals surface area (Å²) in [7, 11) is 0. The van der Waals surface area contributed by atoms with Crippen LogP contribution in [0.25, 0.3) is 11.0 Å². The molecule has 0 aliphatic heterocycles. The highest BCUT2D eigenvalue weighted by Gasteiger charge is 2.19. The molecule has 0 aromatic carbocycles. The quantitative estimate of drug-likeness (QED) is 0.732. The normalized spacial score (nSPS) is 10.4. The smallest absolute Gasteiger partial charge is 0.417 e. The molecule has 2 aromatic rings. The van der Waals surface area contributed by atoms with Gasteiger partial charge in [0.2, 0.25) is 0 Å². The van der Waals surface area contributed by atoms with Crippen molar-refractivity contribution in [2.45, 2.75) is 0 Å². The maximum Gasteiger partial charge on any atom is 0.417 e. The maximum absolute atomic E-state index is 10.9. The zero-order chi connectivity index (χ0) is 11.0. The molecule has 15 heavy (non-hydrogen) atoms. The number of carbonyl (C=O) groups is 2. The van der Waals surface area contributed by atoms with Gasteiger partial charge in [0.25, 0.3) is 0 Å². The summed E-state index contributed by atoms with van der Waals surface area (Å²) in [5.41, 5.74) is -0.182. The highest BCUT2D eigenvalue weighted by molar-refractivity contribution is 5.99. The van der Waals surface area contributed by atoms with Crippen molar-refractivity contribution in [3.05, 3.63) is 30.1 Å². The first kappa shape index (κ1) is 9.20. The summed E-state index contributed by atoms with van der Waals surface area (Å²) in [6.07, 6.45) is 0.0500. The van der Waals surface area contributed by atoms with E-state index < -0.39 is 12.1 Å². The standard InChI is InChI=1S/C9H6N2O4/c12-8(13)6-4-5-2-1-3-10-7(5)11(6)9(14)15/h1-4H,(H,12,13)(H,14,15). The van der Waals surface area contributed by atoms with Crippen LogP contribution in [0, 0.1) is 0 Å². The van der Waals surface area contributed by atoms with Gasteiger partial charge in [-0.3, -0.25) is 0 Å². The number of hydrogen-bond acceptors (Lipinski definition) is 3. The first-order valence-corrected chi connectivity index (χ1v) is 4.04. The Kier molecular flexibility index (Phi) is 1.89. The summed E-state index contributed by atoms with van der Waals surface area (Å²) in [4.78, 5) is 25.5. The first-order valence-electron chi connectivity index (χ1n) is 4.04. The molecule has 76 valence electrons. The van der Waals surface area contributed by atoms with E-state index in [4.69, 9.17) is 10.2 Å². The van der Waals surface area contributed by atoms with Gasteiger partial charge in [0.05, 0.1) is 0 Å². The minimum absolute atomic E-state index is 0.127. The average molecular weight is 206 g/mol. The largest absolute Gasteiger partial charge is 0.477 e. The summed E-state index contributed by atoms with van der Waals surface area (Å²) in [6.45, 7) is 0. The summed E-state index contributed by atoms with van der Waals surface area (Å²) in [5.74, 6) is -1.30. The number of fused-ring (bicyclic) bond motifs is 1. The van der Waals surface area contributed by atoms with Gasteiger partial charge < -0.3 is 10.2 Å². The molecular formula is C9H6N2O4. The molecule has 0 saturated heterocycles. The zero-order valence-corrected chi connectivity index (χ0v) is 7.41. The Bertz CT molecular complexity index is 558. The molecule has 0 amide bonds. The molecule has 6 heteroatoms. The lowest BCUT2D eigenvalue weighted by Gasteiger charge is -1.98. The fraction of sp³-hybridized carbons (Fsp3) is 0. The molecule has 2 heterocycles. The van der Waals surface area contributed by atoms with Crippen molar-refractivity contribution in [3.63, 3.8) is 0 Å². The van der Waals surface area contributed by atoms with Crippen LogP contribution in [0.3, 0.4) is 0 Å². The van der Waals surface area contributed by atoms with E-state index in [9.17, 15) is 9.59 Å². The monoisotopic (exact) mass is 206 g/mol. The second kappa shape index (κ2) is 3.09. The van der Waals surface area contributed by atoms with Gasteiger partial charge in [-0.25, -0.2) is 19.1 Å². The third-order valence-electron chi connectivity index (χ3n) is 1.97. The number of carboxylic acid groups (broad SMARTS) is 2. The van der Waals surface area contributed by atoms with Gasteiger partial charge >= 0.3 is 12.1 Å². The molecule has 2 rings (SSSR count). The van der Waals surface area contributed by atoms with Crippen LogP contribution < -0.4 is 0 Å². The molecule has 0 aliphatic carbocycles.